The van der Waals surface area contributed by atoms with Crippen molar-refractivity contribution in [3.05, 3.63) is 23.7 Å². The van der Waals surface area contributed by atoms with Crippen LogP contribution >= 0.6 is 0 Å². The quantitative estimate of drug-likeness (QED) is 0.189. The van der Waals surface area contributed by atoms with Gasteiger partial charge in [0.15, 0.2) is 11.9 Å². The summed E-state index contributed by atoms with van der Waals surface area (Å²) in [4.78, 5) is 41.3. The van der Waals surface area contributed by atoms with Crippen LogP contribution in [0.25, 0.3) is 0 Å². The number of furan rings is 1. The van der Waals surface area contributed by atoms with E-state index in [0.717, 1.165) is 49.8 Å². The number of carbonyl (C=O) groups is 3. The van der Waals surface area contributed by atoms with Crippen molar-refractivity contribution in [3.63, 3.8) is 0 Å². The number of Topliss-reactive ketones (excluding diaryl/α,β-unsaturated/α-hetero) is 1. The van der Waals surface area contributed by atoms with Gasteiger partial charge in [-0.1, -0.05) is 47.0 Å². The van der Waals surface area contributed by atoms with Crippen LogP contribution in [0, 0.1) is 34.0 Å². The molecule has 2 saturated carbocycles. The summed E-state index contributed by atoms with van der Waals surface area (Å²) in [6.45, 7) is 10.5. The Kier molecular flexibility index (Phi) is 8.05. The molecular formula is C37H52O10. The zero-order valence-electron chi connectivity index (χ0n) is 28.5. The third-order valence-corrected chi connectivity index (χ3v) is 13.6. The lowest BCUT2D eigenvalue weighted by molar-refractivity contribution is -0.252. The highest BCUT2D eigenvalue weighted by molar-refractivity contribution is 5.92. The van der Waals surface area contributed by atoms with Crippen molar-refractivity contribution < 1.29 is 48.0 Å². The standard InChI is InChI=1S/C37H52O10/c1-21(2)12-16-34(4)28-27(40)29(41)35(5)24(36(28)20-44-26(39)19-25(36)46-34)13-15-33(3)30(45-32(42)31-37(33,35)47-31)22-14-18-43-23(22)11-9-7-6-8-10-17-38/h14,18,21,24-25,28-31,38,41H,6-13,15-17,19-20H2,1-5H3. The fourth-order valence-corrected chi connectivity index (χ4v) is 11.4. The van der Waals surface area contributed by atoms with Crippen LogP contribution in [0.1, 0.15) is 116 Å². The topological polar surface area (TPSA) is 145 Å². The predicted octanol–water partition coefficient (Wildman–Crippen LogP) is 5.01. The minimum absolute atomic E-state index is 0.0483. The first-order valence-corrected chi connectivity index (χ1v) is 17.9. The van der Waals surface area contributed by atoms with E-state index in [-0.39, 0.29) is 37.3 Å². The molecular weight excluding hydrogens is 604 g/mol. The molecule has 1 aromatic rings. The van der Waals surface area contributed by atoms with Gasteiger partial charge < -0.3 is 33.6 Å². The van der Waals surface area contributed by atoms with Gasteiger partial charge in [0, 0.05) is 34.8 Å². The van der Waals surface area contributed by atoms with Gasteiger partial charge in [0.1, 0.15) is 30.2 Å². The van der Waals surface area contributed by atoms with Crippen molar-refractivity contribution in [2.45, 2.75) is 141 Å². The van der Waals surface area contributed by atoms with Crippen LogP contribution < -0.4 is 0 Å². The molecule has 11 atom stereocenters. The molecule has 0 amide bonds. The Bertz CT molecular complexity index is 1420. The molecule has 2 spiro atoms. The van der Waals surface area contributed by atoms with Gasteiger partial charge in [-0.2, -0.15) is 0 Å². The van der Waals surface area contributed by atoms with Gasteiger partial charge in [0.25, 0.3) is 0 Å². The largest absolute Gasteiger partial charge is 0.469 e. The van der Waals surface area contributed by atoms with E-state index < -0.39 is 63.8 Å². The monoisotopic (exact) mass is 656 g/mol. The summed E-state index contributed by atoms with van der Waals surface area (Å²) < 4.78 is 31.4. The first-order chi connectivity index (χ1) is 22.3. The number of cyclic esters (lactones) is 2. The highest BCUT2D eigenvalue weighted by Gasteiger charge is 2.90. The van der Waals surface area contributed by atoms with E-state index in [9.17, 15) is 19.5 Å². The van der Waals surface area contributed by atoms with Crippen LogP contribution in [0.5, 0.6) is 0 Å². The lowest BCUT2D eigenvalue weighted by Crippen LogP contribution is -2.76. The number of hydrogen-bond donors (Lipinski definition) is 2. The number of ketones is 1. The van der Waals surface area contributed by atoms with Crippen LogP contribution in [0.2, 0.25) is 0 Å². The molecule has 260 valence electrons. The molecule has 11 unspecified atom stereocenters. The van der Waals surface area contributed by atoms with Crippen molar-refractivity contribution in [1.29, 1.82) is 0 Å². The molecule has 7 rings (SSSR count). The van der Waals surface area contributed by atoms with Crippen LogP contribution in [0.15, 0.2) is 16.7 Å². The fraction of sp³-hybridized carbons (Fsp3) is 0.811. The van der Waals surface area contributed by atoms with Crippen molar-refractivity contribution in [2.75, 3.05) is 13.2 Å². The maximum absolute atomic E-state index is 14.8. The lowest BCUT2D eigenvalue weighted by atomic mass is 9.36. The molecule has 10 heteroatoms. The minimum Gasteiger partial charge on any atom is -0.469 e. The third-order valence-electron chi connectivity index (χ3n) is 13.6. The zero-order valence-corrected chi connectivity index (χ0v) is 28.5. The molecule has 4 aliphatic heterocycles. The number of aliphatic hydroxyl groups excluding tert-OH is 2. The number of ether oxygens (including phenoxy) is 4. The molecule has 2 N–H and O–H groups in total. The highest BCUT2D eigenvalue weighted by atomic mass is 16.7. The number of fused-ring (bicyclic) bond motifs is 1. The van der Waals surface area contributed by atoms with Gasteiger partial charge in [0.2, 0.25) is 0 Å². The number of aryl methyl sites for hydroxylation is 1. The molecule has 1 aromatic heterocycles. The molecule has 6 aliphatic rings. The van der Waals surface area contributed by atoms with Gasteiger partial charge >= 0.3 is 11.9 Å². The zero-order chi connectivity index (χ0) is 33.6. The Labute approximate surface area is 277 Å². The Morgan fingerprint density at radius 1 is 1.00 bits per heavy atom. The number of carbonyl (C=O) groups excluding carboxylic acids is 3. The summed E-state index contributed by atoms with van der Waals surface area (Å²) in [5.74, 6) is -0.920. The van der Waals surface area contributed by atoms with Crippen molar-refractivity contribution >= 4 is 17.7 Å². The maximum Gasteiger partial charge on any atom is 0.339 e. The van der Waals surface area contributed by atoms with E-state index in [4.69, 9.17) is 28.5 Å². The van der Waals surface area contributed by atoms with E-state index in [0.29, 0.717) is 31.6 Å². The normalized spacial score (nSPS) is 45.0. The number of rotatable bonds is 11. The van der Waals surface area contributed by atoms with Gasteiger partial charge in [-0.15, -0.1) is 0 Å². The summed E-state index contributed by atoms with van der Waals surface area (Å²) in [5, 5.41) is 21.4. The minimum atomic E-state index is -1.40. The maximum atomic E-state index is 14.8. The average Bonchev–Trinajstić information content (AvgIpc) is 3.57. The summed E-state index contributed by atoms with van der Waals surface area (Å²) in [6.07, 6.45) is 6.28. The fourth-order valence-electron chi connectivity index (χ4n) is 11.4. The molecule has 4 saturated heterocycles. The van der Waals surface area contributed by atoms with E-state index in [1.165, 1.54) is 0 Å². The van der Waals surface area contributed by atoms with E-state index in [1.54, 1.807) is 6.26 Å². The summed E-state index contributed by atoms with van der Waals surface area (Å²) in [5.41, 5.74) is -3.98. The van der Waals surface area contributed by atoms with Crippen LogP contribution in [0.4, 0.5) is 0 Å². The Hall–Kier alpha value is -2.27. The molecule has 5 heterocycles. The highest BCUT2D eigenvalue weighted by Crippen LogP contribution is 2.80. The molecule has 0 aromatic carbocycles. The summed E-state index contributed by atoms with van der Waals surface area (Å²) in [7, 11) is 0. The molecule has 6 fully saturated rings. The molecule has 47 heavy (non-hydrogen) atoms. The number of hydrogen-bond acceptors (Lipinski definition) is 10. The first-order valence-electron chi connectivity index (χ1n) is 17.9. The van der Waals surface area contributed by atoms with Crippen LogP contribution in [-0.2, 0) is 39.8 Å². The van der Waals surface area contributed by atoms with Gasteiger partial charge in [-0.3, -0.25) is 9.59 Å². The van der Waals surface area contributed by atoms with Gasteiger partial charge in [0.05, 0.1) is 30.3 Å². The van der Waals surface area contributed by atoms with Crippen LogP contribution in [0.3, 0.4) is 0 Å². The van der Waals surface area contributed by atoms with Gasteiger partial charge in [-0.05, 0) is 63.4 Å². The van der Waals surface area contributed by atoms with E-state index in [1.807, 2.05) is 19.9 Å². The smallest absolute Gasteiger partial charge is 0.339 e. The Morgan fingerprint density at radius 3 is 2.49 bits per heavy atom. The Balaban J connectivity index is 1.26. The van der Waals surface area contributed by atoms with Crippen molar-refractivity contribution in [3.8, 4) is 0 Å². The number of epoxide rings is 1. The second-order valence-corrected chi connectivity index (χ2v) is 16.4. The SMILES string of the molecule is CC(C)CCC1(C)OC2CC(=O)OCC23C1C(=O)C(O)C1(C)C3CCC2(C)C(c3ccoc3CCCCCCCO)OC(=O)C3OC321. The van der Waals surface area contributed by atoms with Crippen molar-refractivity contribution in [1.82, 2.24) is 0 Å². The number of unbranched alkanes of at least 4 members (excludes halogenated alkanes) is 4. The van der Waals surface area contributed by atoms with E-state index >= 15 is 0 Å². The first kappa shape index (κ1) is 33.2. The molecule has 10 nitrogen and oxygen atoms in total. The second-order valence-electron chi connectivity index (χ2n) is 16.4. The predicted molar refractivity (Wildman–Crippen MR) is 168 cm³/mol. The lowest BCUT2D eigenvalue weighted by Gasteiger charge is -2.66. The number of esters is 2. The van der Waals surface area contributed by atoms with Gasteiger partial charge in [-0.25, -0.2) is 4.79 Å². The number of aliphatic hydroxyl groups is 2. The summed E-state index contributed by atoms with van der Waals surface area (Å²) in [6, 6.07) is 1.88. The second kappa shape index (κ2) is 11.4. The molecule has 0 bridgehead atoms. The summed E-state index contributed by atoms with van der Waals surface area (Å²) >= 11 is 0. The van der Waals surface area contributed by atoms with Crippen LogP contribution in [-0.4, -0.2) is 70.7 Å². The molecule has 0 radical (unpaired) electrons. The van der Waals surface area contributed by atoms with E-state index in [2.05, 4.69) is 20.8 Å². The van der Waals surface area contributed by atoms with Crippen molar-refractivity contribution in [2.24, 2.45) is 34.0 Å². The molecule has 2 aliphatic carbocycles. The third kappa shape index (κ3) is 4.39. The average molecular weight is 657 g/mol. The Morgan fingerprint density at radius 2 is 1.74 bits per heavy atom.